The first kappa shape index (κ1) is 7.28. The zero-order valence-electron chi connectivity index (χ0n) is 7.23. The molecule has 3 nitrogen and oxygen atoms in total. The van der Waals surface area contributed by atoms with Gasteiger partial charge in [0.1, 0.15) is 0 Å². The summed E-state index contributed by atoms with van der Waals surface area (Å²) in [6.45, 7) is 4.27. The number of aromatic nitrogens is 3. The summed E-state index contributed by atoms with van der Waals surface area (Å²) >= 11 is 0. The molecule has 0 fully saturated rings. The van der Waals surface area contributed by atoms with Crippen LogP contribution in [-0.2, 0) is 0 Å². The second kappa shape index (κ2) is 2.59. The lowest BCUT2D eigenvalue weighted by molar-refractivity contribution is 0.594. The van der Waals surface area contributed by atoms with E-state index in [4.69, 9.17) is 0 Å². The molecule has 0 spiro atoms. The highest BCUT2D eigenvalue weighted by Gasteiger charge is 2.09. The SMILES string of the molecule is CC(C)n1cccc2cnnc1-2. The second-order valence-corrected chi connectivity index (χ2v) is 3.13. The van der Waals surface area contributed by atoms with Crippen LogP contribution in [0.2, 0.25) is 0 Å². The third-order valence-corrected chi connectivity index (χ3v) is 1.93. The fraction of sp³-hybridized carbons (Fsp3) is 0.333. The number of pyridine rings is 1. The number of nitrogens with zero attached hydrogens (tertiary/aromatic N) is 3. The Bertz CT molecular complexity index is 351. The maximum Gasteiger partial charge on any atom is 0.164 e. The second-order valence-electron chi connectivity index (χ2n) is 3.13. The van der Waals surface area contributed by atoms with E-state index in [1.165, 1.54) is 0 Å². The molecule has 0 unspecified atom stereocenters. The maximum absolute atomic E-state index is 4.05. The van der Waals surface area contributed by atoms with Crippen molar-refractivity contribution in [2.45, 2.75) is 19.9 Å². The lowest BCUT2D eigenvalue weighted by atomic mass is 10.2. The highest BCUT2D eigenvalue weighted by atomic mass is 15.2. The first-order chi connectivity index (χ1) is 5.79. The number of hydrogen-bond donors (Lipinski definition) is 0. The predicted octanol–water partition coefficient (Wildman–Crippen LogP) is 1.96. The van der Waals surface area contributed by atoms with Crippen molar-refractivity contribution in [3.63, 3.8) is 0 Å². The Morgan fingerprint density at radius 3 is 3.00 bits per heavy atom. The molecule has 2 aliphatic rings. The topological polar surface area (TPSA) is 30.7 Å². The minimum Gasteiger partial charge on any atom is -0.328 e. The Hall–Kier alpha value is -1.38. The fourth-order valence-corrected chi connectivity index (χ4v) is 1.31. The Morgan fingerprint density at radius 1 is 1.42 bits per heavy atom. The molecule has 0 saturated heterocycles. The van der Waals surface area contributed by atoms with Gasteiger partial charge in [-0.15, -0.1) is 5.10 Å². The van der Waals surface area contributed by atoms with Gasteiger partial charge in [-0.05, 0) is 26.0 Å². The number of hydrogen-bond acceptors (Lipinski definition) is 2. The van der Waals surface area contributed by atoms with Gasteiger partial charge in [-0.25, -0.2) is 0 Å². The molecule has 0 aromatic rings. The average Bonchev–Trinajstić information content (AvgIpc) is 2.49. The third kappa shape index (κ3) is 0.978. The van der Waals surface area contributed by atoms with Crippen molar-refractivity contribution >= 4 is 0 Å². The molecule has 12 heavy (non-hydrogen) atoms. The normalized spacial score (nSPS) is 11.2. The summed E-state index contributed by atoms with van der Waals surface area (Å²) in [7, 11) is 0. The van der Waals surface area contributed by atoms with E-state index in [1.807, 2.05) is 18.3 Å². The maximum atomic E-state index is 4.05. The van der Waals surface area contributed by atoms with Crippen molar-refractivity contribution in [3.05, 3.63) is 24.5 Å². The van der Waals surface area contributed by atoms with E-state index in [0.29, 0.717) is 6.04 Å². The Kier molecular flexibility index (Phi) is 1.57. The summed E-state index contributed by atoms with van der Waals surface area (Å²) in [4.78, 5) is 0. The molecule has 0 aromatic carbocycles. The Balaban J connectivity index is 2.63. The molecule has 0 radical (unpaired) electrons. The molecular formula is C9H11N3. The quantitative estimate of drug-likeness (QED) is 0.640. The van der Waals surface area contributed by atoms with Gasteiger partial charge in [-0.1, -0.05) is 0 Å². The average molecular weight is 161 g/mol. The Labute approximate surface area is 71.4 Å². The van der Waals surface area contributed by atoms with Gasteiger partial charge >= 0.3 is 0 Å². The molecule has 2 aliphatic heterocycles. The first-order valence-corrected chi connectivity index (χ1v) is 4.07. The van der Waals surface area contributed by atoms with Gasteiger partial charge in [0, 0.05) is 17.8 Å². The van der Waals surface area contributed by atoms with E-state index >= 15 is 0 Å². The van der Waals surface area contributed by atoms with Crippen LogP contribution in [0.1, 0.15) is 19.9 Å². The summed E-state index contributed by atoms with van der Waals surface area (Å²) in [5.41, 5.74) is 1.10. The predicted molar refractivity (Wildman–Crippen MR) is 47.0 cm³/mol. The van der Waals surface area contributed by atoms with Crippen LogP contribution < -0.4 is 0 Å². The van der Waals surface area contributed by atoms with Crippen molar-refractivity contribution in [1.29, 1.82) is 0 Å². The van der Waals surface area contributed by atoms with E-state index in [2.05, 4.69) is 28.6 Å². The lowest BCUT2D eigenvalue weighted by Crippen LogP contribution is -2.04. The summed E-state index contributed by atoms with van der Waals surface area (Å²) in [6.07, 6.45) is 3.82. The first-order valence-electron chi connectivity index (χ1n) is 4.07. The molecule has 0 bridgehead atoms. The molecule has 2 rings (SSSR count). The van der Waals surface area contributed by atoms with Crippen molar-refractivity contribution in [2.75, 3.05) is 0 Å². The largest absolute Gasteiger partial charge is 0.328 e. The monoisotopic (exact) mass is 161 g/mol. The van der Waals surface area contributed by atoms with Gasteiger partial charge in [0.25, 0.3) is 0 Å². The minimum atomic E-state index is 0.436. The van der Waals surface area contributed by atoms with E-state index < -0.39 is 0 Å². The van der Waals surface area contributed by atoms with E-state index in [9.17, 15) is 0 Å². The number of fused-ring (bicyclic) bond motifs is 1. The van der Waals surface area contributed by atoms with Crippen LogP contribution in [0.3, 0.4) is 0 Å². The van der Waals surface area contributed by atoms with Gasteiger partial charge in [0.05, 0.1) is 6.20 Å². The van der Waals surface area contributed by atoms with Crippen LogP contribution in [0.25, 0.3) is 11.4 Å². The standard InChI is InChI=1S/C9H11N3/c1-7(2)12-5-3-4-8-6-10-11-9(8)12/h3-7H,1-2H3. The third-order valence-electron chi connectivity index (χ3n) is 1.93. The summed E-state index contributed by atoms with van der Waals surface area (Å²) in [5.74, 6) is 0.965. The lowest BCUT2D eigenvalue weighted by Gasteiger charge is -2.13. The van der Waals surface area contributed by atoms with Crippen LogP contribution in [0, 0.1) is 0 Å². The van der Waals surface area contributed by atoms with Crippen molar-refractivity contribution < 1.29 is 0 Å². The van der Waals surface area contributed by atoms with Gasteiger partial charge in [-0.2, -0.15) is 5.10 Å². The molecule has 0 aliphatic carbocycles. The van der Waals surface area contributed by atoms with Gasteiger partial charge < -0.3 is 4.57 Å². The number of rotatable bonds is 1. The van der Waals surface area contributed by atoms with Gasteiger partial charge in [0.15, 0.2) is 5.82 Å². The minimum absolute atomic E-state index is 0.436. The summed E-state index contributed by atoms with van der Waals surface area (Å²) in [6, 6.07) is 4.48. The molecule has 0 amide bonds. The summed E-state index contributed by atoms with van der Waals surface area (Å²) in [5, 5.41) is 7.93. The highest BCUT2D eigenvalue weighted by molar-refractivity contribution is 5.54. The molecule has 2 heterocycles. The molecule has 0 saturated carbocycles. The van der Waals surface area contributed by atoms with Gasteiger partial charge in [0.2, 0.25) is 0 Å². The molecule has 3 heteroatoms. The van der Waals surface area contributed by atoms with Crippen molar-refractivity contribution in [2.24, 2.45) is 0 Å². The van der Waals surface area contributed by atoms with E-state index in [0.717, 1.165) is 11.4 Å². The molecule has 0 N–H and O–H groups in total. The van der Waals surface area contributed by atoms with Crippen molar-refractivity contribution in [3.8, 4) is 11.4 Å². The Morgan fingerprint density at radius 2 is 2.25 bits per heavy atom. The van der Waals surface area contributed by atoms with Crippen LogP contribution in [0.15, 0.2) is 24.5 Å². The van der Waals surface area contributed by atoms with Crippen LogP contribution >= 0.6 is 0 Å². The molecule has 0 aromatic heterocycles. The zero-order valence-corrected chi connectivity index (χ0v) is 7.23. The smallest absolute Gasteiger partial charge is 0.164 e. The van der Waals surface area contributed by atoms with Crippen LogP contribution in [-0.4, -0.2) is 14.8 Å². The van der Waals surface area contributed by atoms with Crippen LogP contribution in [0.5, 0.6) is 0 Å². The van der Waals surface area contributed by atoms with E-state index in [-0.39, 0.29) is 0 Å². The van der Waals surface area contributed by atoms with Crippen molar-refractivity contribution in [1.82, 2.24) is 14.8 Å². The van der Waals surface area contributed by atoms with Gasteiger partial charge in [-0.3, -0.25) is 0 Å². The van der Waals surface area contributed by atoms with E-state index in [1.54, 1.807) is 6.20 Å². The molecular weight excluding hydrogens is 150 g/mol. The summed E-state index contributed by atoms with van der Waals surface area (Å²) < 4.78 is 2.11. The highest BCUT2D eigenvalue weighted by Crippen LogP contribution is 2.20. The fourth-order valence-electron chi connectivity index (χ4n) is 1.31. The molecule has 0 atom stereocenters. The van der Waals surface area contributed by atoms with Crippen LogP contribution in [0.4, 0.5) is 0 Å². The zero-order chi connectivity index (χ0) is 8.55. The molecule has 62 valence electrons.